The number of hydrogen-bond donors (Lipinski definition) is 1. The summed E-state index contributed by atoms with van der Waals surface area (Å²) in [6.45, 7) is 1.11. The molecule has 0 radical (unpaired) electrons. The lowest BCUT2D eigenvalue weighted by molar-refractivity contribution is 0.0932. The average molecular weight is 391 g/mol. The van der Waals surface area contributed by atoms with Crippen molar-refractivity contribution in [3.8, 4) is 0 Å². The number of carbonyl (C=O) groups is 1. The van der Waals surface area contributed by atoms with Gasteiger partial charge in [0.25, 0.3) is 5.91 Å². The van der Waals surface area contributed by atoms with Crippen LogP contribution in [0.5, 0.6) is 0 Å². The van der Waals surface area contributed by atoms with Gasteiger partial charge in [-0.25, -0.2) is 8.42 Å². The number of thiophene rings is 1. The Bertz CT molecular complexity index is 883. The van der Waals surface area contributed by atoms with Gasteiger partial charge in [0.2, 0.25) is 10.0 Å². The fraction of sp³-hybridized carbons (Fsp3) is 0.421. The zero-order valence-electron chi connectivity index (χ0n) is 14.4. The predicted octanol–water partition coefficient (Wildman–Crippen LogP) is 3.41. The number of amides is 1. The molecule has 1 atom stereocenters. The van der Waals surface area contributed by atoms with Gasteiger partial charge >= 0.3 is 0 Å². The normalized spacial score (nSPS) is 19.4. The Morgan fingerprint density at radius 2 is 1.92 bits per heavy atom. The van der Waals surface area contributed by atoms with Gasteiger partial charge in [-0.3, -0.25) is 4.79 Å². The second kappa shape index (κ2) is 7.13. The third kappa shape index (κ3) is 3.56. The maximum Gasteiger partial charge on any atom is 0.251 e. The van der Waals surface area contributed by atoms with Crippen molar-refractivity contribution in [3.63, 3.8) is 0 Å². The van der Waals surface area contributed by atoms with Crippen LogP contribution in [-0.2, 0) is 10.0 Å². The minimum absolute atomic E-state index is 0.0151. The Balaban J connectivity index is 1.55. The van der Waals surface area contributed by atoms with E-state index >= 15 is 0 Å². The summed E-state index contributed by atoms with van der Waals surface area (Å²) in [6, 6.07) is 10.4. The number of rotatable bonds is 6. The Labute approximate surface area is 158 Å². The van der Waals surface area contributed by atoms with E-state index in [-0.39, 0.29) is 16.8 Å². The molecule has 2 fully saturated rings. The standard InChI is InChI=1S/C19H22N2O3S2/c22-19(20-18(14-8-9-14)17-7-4-12-25-17)15-5-3-6-16(13-15)26(23,24)21-10-1-2-11-21/h3-7,12-14,18H,1-2,8-11H2,(H,20,22)/t18-/m0/s1. The third-order valence-corrected chi connectivity index (χ3v) is 7.88. The van der Waals surface area contributed by atoms with Crippen LogP contribution >= 0.6 is 11.3 Å². The molecule has 7 heteroatoms. The Morgan fingerprint density at radius 1 is 1.15 bits per heavy atom. The molecule has 2 aromatic rings. The van der Waals surface area contributed by atoms with Gasteiger partial charge in [-0.2, -0.15) is 4.31 Å². The summed E-state index contributed by atoms with van der Waals surface area (Å²) in [5, 5.41) is 5.12. The minimum Gasteiger partial charge on any atom is -0.344 e. The van der Waals surface area contributed by atoms with E-state index < -0.39 is 10.0 Å². The zero-order valence-corrected chi connectivity index (χ0v) is 16.1. The molecule has 1 amide bonds. The van der Waals surface area contributed by atoms with Crippen LogP contribution in [0.3, 0.4) is 0 Å². The molecular formula is C19H22N2O3S2. The molecule has 1 saturated carbocycles. The molecule has 2 heterocycles. The first-order valence-electron chi connectivity index (χ1n) is 9.00. The fourth-order valence-electron chi connectivity index (χ4n) is 3.42. The first kappa shape index (κ1) is 17.7. The summed E-state index contributed by atoms with van der Waals surface area (Å²) in [6.07, 6.45) is 4.02. The van der Waals surface area contributed by atoms with Gasteiger partial charge in [-0.15, -0.1) is 11.3 Å². The lowest BCUT2D eigenvalue weighted by atomic mass is 10.1. The van der Waals surface area contributed by atoms with Gasteiger partial charge in [-0.05, 0) is 61.2 Å². The minimum atomic E-state index is -3.51. The number of benzene rings is 1. The summed E-state index contributed by atoms with van der Waals surface area (Å²) in [5.74, 6) is 0.267. The van der Waals surface area contributed by atoms with Gasteiger partial charge in [0.1, 0.15) is 0 Å². The molecule has 1 N–H and O–H groups in total. The van der Waals surface area contributed by atoms with Crippen molar-refractivity contribution in [2.24, 2.45) is 5.92 Å². The molecule has 1 aromatic carbocycles. The van der Waals surface area contributed by atoms with Crippen LogP contribution in [0, 0.1) is 5.92 Å². The number of hydrogen-bond acceptors (Lipinski definition) is 4. The van der Waals surface area contributed by atoms with Crippen LogP contribution in [-0.4, -0.2) is 31.7 Å². The molecule has 26 heavy (non-hydrogen) atoms. The van der Waals surface area contributed by atoms with Crippen LogP contribution in [0.25, 0.3) is 0 Å². The summed E-state index contributed by atoms with van der Waals surface area (Å²) >= 11 is 1.64. The van der Waals surface area contributed by atoms with Crippen molar-refractivity contribution in [2.45, 2.75) is 36.6 Å². The van der Waals surface area contributed by atoms with Crippen LogP contribution in [0.1, 0.15) is 47.0 Å². The highest BCUT2D eigenvalue weighted by molar-refractivity contribution is 7.89. The third-order valence-electron chi connectivity index (χ3n) is 5.03. The summed E-state index contributed by atoms with van der Waals surface area (Å²) in [5.41, 5.74) is 0.396. The van der Waals surface area contributed by atoms with E-state index in [1.807, 2.05) is 17.5 Å². The maximum absolute atomic E-state index is 12.8. The topological polar surface area (TPSA) is 66.5 Å². The van der Waals surface area contributed by atoms with Gasteiger partial charge < -0.3 is 5.32 Å². The monoisotopic (exact) mass is 390 g/mol. The first-order valence-corrected chi connectivity index (χ1v) is 11.3. The molecule has 1 aliphatic carbocycles. The molecule has 0 spiro atoms. The van der Waals surface area contributed by atoms with Crippen LogP contribution < -0.4 is 5.32 Å². The van der Waals surface area contributed by atoms with E-state index in [1.165, 1.54) is 10.4 Å². The molecular weight excluding hydrogens is 368 g/mol. The van der Waals surface area contributed by atoms with Crippen LogP contribution in [0.4, 0.5) is 0 Å². The number of carbonyl (C=O) groups excluding carboxylic acids is 1. The van der Waals surface area contributed by atoms with Crippen LogP contribution in [0.2, 0.25) is 0 Å². The van der Waals surface area contributed by atoms with Crippen molar-refractivity contribution in [2.75, 3.05) is 13.1 Å². The van der Waals surface area contributed by atoms with E-state index in [1.54, 1.807) is 29.5 Å². The molecule has 5 nitrogen and oxygen atoms in total. The molecule has 0 bridgehead atoms. The van der Waals surface area contributed by atoms with Gasteiger partial charge in [0.05, 0.1) is 10.9 Å². The van der Waals surface area contributed by atoms with E-state index in [0.717, 1.165) is 30.6 Å². The van der Waals surface area contributed by atoms with Crippen molar-refractivity contribution in [3.05, 3.63) is 52.2 Å². The lowest BCUT2D eigenvalue weighted by Gasteiger charge is -2.18. The van der Waals surface area contributed by atoms with Gasteiger partial charge in [0.15, 0.2) is 0 Å². The van der Waals surface area contributed by atoms with Crippen molar-refractivity contribution in [1.29, 1.82) is 0 Å². The molecule has 2 aliphatic rings. The Kier molecular flexibility index (Phi) is 4.86. The van der Waals surface area contributed by atoms with Crippen LogP contribution in [0.15, 0.2) is 46.7 Å². The Hall–Kier alpha value is -1.70. The summed E-state index contributed by atoms with van der Waals surface area (Å²) in [4.78, 5) is 14.1. The van der Waals surface area contributed by atoms with E-state index in [4.69, 9.17) is 0 Å². The average Bonchev–Trinajstić information content (AvgIpc) is 3.12. The summed E-state index contributed by atoms with van der Waals surface area (Å²) in [7, 11) is -3.51. The SMILES string of the molecule is O=C(N[C@H](c1cccs1)C1CC1)c1cccc(S(=O)(=O)N2CCCC2)c1. The first-order chi connectivity index (χ1) is 12.6. The van der Waals surface area contributed by atoms with E-state index in [0.29, 0.717) is 24.6 Å². The predicted molar refractivity (Wildman–Crippen MR) is 102 cm³/mol. The maximum atomic E-state index is 12.8. The molecule has 1 saturated heterocycles. The molecule has 0 unspecified atom stereocenters. The molecule has 138 valence electrons. The Morgan fingerprint density at radius 3 is 2.58 bits per heavy atom. The number of nitrogens with zero attached hydrogens (tertiary/aromatic N) is 1. The van der Waals surface area contributed by atoms with Gasteiger partial charge in [0, 0.05) is 23.5 Å². The lowest BCUT2D eigenvalue weighted by Crippen LogP contribution is -2.30. The second-order valence-corrected chi connectivity index (χ2v) is 9.86. The van der Waals surface area contributed by atoms with E-state index in [2.05, 4.69) is 5.32 Å². The van der Waals surface area contributed by atoms with Gasteiger partial charge in [-0.1, -0.05) is 12.1 Å². The highest BCUT2D eigenvalue weighted by Gasteiger charge is 2.34. The largest absolute Gasteiger partial charge is 0.344 e. The molecule has 4 rings (SSSR count). The number of sulfonamides is 1. The van der Waals surface area contributed by atoms with E-state index in [9.17, 15) is 13.2 Å². The fourth-order valence-corrected chi connectivity index (χ4v) is 5.85. The molecule has 1 aliphatic heterocycles. The second-order valence-electron chi connectivity index (χ2n) is 6.94. The number of nitrogens with one attached hydrogen (secondary N) is 1. The highest BCUT2D eigenvalue weighted by atomic mass is 32.2. The van der Waals surface area contributed by atoms with Crippen molar-refractivity contribution in [1.82, 2.24) is 9.62 Å². The van der Waals surface area contributed by atoms with Crippen molar-refractivity contribution < 1.29 is 13.2 Å². The smallest absolute Gasteiger partial charge is 0.251 e. The summed E-state index contributed by atoms with van der Waals surface area (Å²) < 4.78 is 27.0. The quantitative estimate of drug-likeness (QED) is 0.822. The molecule has 1 aromatic heterocycles. The van der Waals surface area contributed by atoms with Crippen molar-refractivity contribution >= 4 is 27.3 Å². The zero-order chi connectivity index (χ0) is 18.1. The highest BCUT2D eigenvalue weighted by Crippen LogP contribution is 2.42.